The number of thiazole rings is 1. The first kappa shape index (κ1) is 20.7. The van der Waals surface area contributed by atoms with E-state index in [9.17, 15) is 9.18 Å². The van der Waals surface area contributed by atoms with Gasteiger partial charge in [0.15, 0.2) is 10.9 Å². The number of aromatic nitrogens is 2. The van der Waals surface area contributed by atoms with Crippen molar-refractivity contribution in [2.45, 2.75) is 39.7 Å². The molecular weight excluding hydrogens is 383 g/mol. The normalized spacial score (nSPS) is 18.7. The van der Waals surface area contributed by atoms with Crippen molar-refractivity contribution in [3.05, 3.63) is 11.9 Å². The summed E-state index contributed by atoms with van der Waals surface area (Å²) in [5, 5.41) is 3.55. The largest absolute Gasteiger partial charge is 0.475 e. The summed E-state index contributed by atoms with van der Waals surface area (Å²) in [6.45, 7) is 8.74. The van der Waals surface area contributed by atoms with Gasteiger partial charge in [0.25, 0.3) is 5.88 Å². The van der Waals surface area contributed by atoms with E-state index in [1.54, 1.807) is 0 Å². The number of carbonyl (C=O) groups is 1. The molecule has 0 unspecified atom stereocenters. The van der Waals surface area contributed by atoms with E-state index in [2.05, 4.69) is 34.0 Å². The number of pyridine rings is 1. The predicted octanol–water partition coefficient (Wildman–Crippen LogP) is 2.99. The lowest BCUT2D eigenvalue weighted by Crippen LogP contribution is -2.37. The first-order valence-corrected chi connectivity index (χ1v) is 10.5. The van der Waals surface area contributed by atoms with Crippen molar-refractivity contribution < 1.29 is 18.7 Å². The van der Waals surface area contributed by atoms with Gasteiger partial charge >= 0.3 is 0 Å². The molecule has 0 spiro atoms. The smallest absolute Gasteiger partial charge is 0.251 e. The van der Waals surface area contributed by atoms with Gasteiger partial charge in [-0.3, -0.25) is 4.79 Å². The molecule has 154 valence electrons. The lowest BCUT2D eigenvalue weighted by molar-refractivity contribution is -0.119. The van der Waals surface area contributed by atoms with E-state index in [0.29, 0.717) is 36.0 Å². The summed E-state index contributed by atoms with van der Waals surface area (Å²) in [6.07, 6.45) is 1.92. The summed E-state index contributed by atoms with van der Waals surface area (Å²) in [4.78, 5) is 22.4. The lowest BCUT2D eigenvalue weighted by Gasteiger charge is -2.34. The topological polar surface area (TPSA) is 76.6 Å². The van der Waals surface area contributed by atoms with Gasteiger partial charge < -0.3 is 19.7 Å². The molecule has 28 heavy (non-hydrogen) atoms. The number of hydrogen-bond donors (Lipinski definition) is 1. The Hall–Kier alpha value is -2.00. The third-order valence-electron chi connectivity index (χ3n) is 4.81. The van der Waals surface area contributed by atoms with Crippen LogP contribution in [0.3, 0.4) is 0 Å². The van der Waals surface area contributed by atoms with E-state index in [-0.39, 0.29) is 17.9 Å². The highest BCUT2D eigenvalue weighted by Gasteiger charge is 2.30. The molecule has 0 aromatic carbocycles. The molecule has 0 bridgehead atoms. The number of anilines is 1. The zero-order valence-electron chi connectivity index (χ0n) is 16.5. The van der Waals surface area contributed by atoms with Gasteiger partial charge in [0.05, 0.1) is 19.3 Å². The van der Waals surface area contributed by atoms with Crippen molar-refractivity contribution in [2.24, 2.45) is 5.92 Å². The van der Waals surface area contributed by atoms with Crippen LogP contribution in [0.4, 0.5) is 9.52 Å². The molecule has 0 saturated heterocycles. The lowest BCUT2D eigenvalue weighted by atomic mass is 9.83. The minimum Gasteiger partial charge on any atom is -0.475 e. The Morgan fingerprint density at radius 3 is 2.79 bits per heavy atom. The van der Waals surface area contributed by atoms with Crippen molar-refractivity contribution in [1.82, 2.24) is 15.3 Å². The van der Waals surface area contributed by atoms with E-state index in [0.717, 1.165) is 31.1 Å². The molecule has 1 fully saturated rings. The van der Waals surface area contributed by atoms with Crippen LogP contribution in [0.1, 0.15) is 33.6 Å². The summed E-state index contributed by atoms with van der Waals surface area (Å²) in [6, 6.07) is 1.40. The van der Waals surface area contributed by atoms with Crippen molar-refractivity contribution in [3.8, 4) is 5.88 Å². The van der Waals surface area contributed by atoms with Gasteiger partial charge in [0, 0.05) is 32.6 Å². The third-order valence-corrected chi connectivity index (χ3v) is 5.83. The SMILES string of the molecule is CCN(CC)c1nc2cc(F)c(OCC3CC(OCCNC(C)=O)C3)nc2s1. The Labute approximate surface area is 168 Å². The molecule has 1 amide bonds. The molecule has 7 nitrogen and oxygen atoms in total. The van der Waals surface area contributed by atoms with Crippen LogP contribution < -0.4 is 15.0 Å². The average molecular weight is 411 g/mol. The number of nitrogens with zero attached hydrogens (tertiary/aromatic N) is 3. The number of carbonyl (C=O) groups excluding carboxylic acids is 1. The minimum atomic E-state index is -0.480. The molecular formula is C19H27FN4O3S. The Bertz CT molecular complexity index is 806. The van der Waals surface area contributed by atoms with E-state index in [4.69, 9.17) is 9.47 Å². The van der Waals surface area contributed by atoms with E-state index in [1.807, 2.05) is 0 Å². The molecule has 0 aliphatic heterocycles. The van der Waals surface area contributed by atoms with Crippen LogP contribution in [-0.4, -0.2) is 54.8 Å². The van der Waals surface area contributed by atoms with Crippen LogP contribution >= 0.6 is 11.3 Å². The van der Waals surface area contributed by atoms with Crippen LogP contribution in [0.15, 0.2) is 6.07 Å². The Morgan fingerprint density at radius 1 is 1.36 bits per heavy atom. The first-order valence-electron chi connectivity index (χ1n) is 9.71. The number of fused-ring (bicyclic) bond motifs is 1. The Kier molecular flexibility index (Phi) is 7.01. The van der Waals surface area contributed by atoms with Crippen molar-refractivity contribution in [3.63, 3.8) is 0 Å². The maximum atomic E-state index is 14.3. The second kappa shape index (κ2) is 9.47. The van der Waals surface area contributed by atoms with E-state index >= 15 is 0 Å². The molecule has 1 aliphatic carbocycles. The highest BCUT2D eigenvalue weighted by molar-refractivity contribution is 7.21. The molecule has 2 aromatic heterocycles. The van der Waals surface area contributed by atoms with E-state index < -0.39 is 5.82 Å². The number of halogens is 1. The maximum Gasteiger partial charge on any atom is 0.251 e. The van der Waals surface area contributed by atoms with Crippen LogP contribution in [0.5, 0.6) is 5.88 Å². The molecule has 0 radical (unpaired) electrons. The summed E-state index contributed by atoms with van der Waals surface area (Å²) >= 11 is 1.45. The molecule has 1 saturated carbocycles. The third kappa shape index (κ3) is 5.08. The Balaban J connectivity index is 1.48. The van der Waals surface area contributed by atoms with Crippen LogP contribution in [0, 0.1) is 11.7 Å². The predicted molar refractivity (Wildman–Crippen MR) is 108 cm³/mol. The molecule has 1 N–H and O–H groups in total. The van der Waals surface area contributed by atoms with Crippen LogP contribution in [0.2, 0.25) is 0 Å². The van der Waals surface area contributed by atoms with Gasteiger partial charge in [-0.15, -0.1) is 0 Å². The van der Waals surface area contributed by atoms with Gasteiger partial charge in [0.1, 0.15) is 10.3 Å². The second-order valence-electron chi connectivity index (χ2n) is 6.89. The quantitative estimate of drug-likeness (QED) is 0.607. The summed E-state index contributed by atoms with van der Waals surface area (Å²) in [5.74, 6) is -0.168. The molecule has 0 atom stereocenters. The highest BCUT2D eigenvalue weighted by atomic mass is 32.1. The molecule has 2 heterocycles. The van der Waals surface area contributed by atoms with Crippen molar-refractivity contribution >= 4 is 32.7 Å². The second-order valence-corrected chi connectivity index (χ2v) is 7.85. The number of amides is 1. The number of rotatable bonds is 10. The zero-order chi connectivity index (χ0) is 20.1. The minimum absolute atomic E-state index is 0.0391. The van der Waals surface area contributed by atoms with Gasteiger partial charge in [-0.05, 0) is 32.6 Å². The van der Waals surface area contributed by atoms with Crippen LogP contribution in [-0.2, 0) is 9.53 Å². The van der Waals surface area contributed by atoms with Crippen molar-refractivity contribution in [2.75, 3.05) is 37.7 Å². The first-order chi connectivity index (χ1) is 13.5. The molecule has 3 rings (SSSR count). The fourth-order valence-electron chi connectivity index (χ4n) is 3.14. The van der Waals surface area contributed by atoms with Gasteiger partial charge in [-0.2, -0.15) is 4.98 Å². The fourth-order valence-corrected chi connectivity index (χ4v) is 4.18. The fraction of sp³-hybridized carbons (Fsp3) is 0.632. The summed E-state index contributed by atoms with van der Waals surface area (Å²) in [5.41, 5.74) is 0.563. The highest BCUT2D eigenvalue weighted by Crippen LogP contribution is 2.33. The Morgan fingerprint density at radius 2 is 2.11 bits per heavy atom. The summed E-state index contributed by atoms with van der Waals surface area (Å²) in [7, 11) is 0. The molecule has 2 aromatic rings. The number of ether oxygens (including phenoxy) is 2. The van der Waals surface area contributed by atoms with Crippen LogP contribution in [0.25, 0.3) is 10.3 Å². The van der Waals surface area contributed by atoms with Gasteiger partial charge in [0.2, 0.25) is 5.91 Å². The molecule has 1 aliphatic rings. The van der Waals surface area contributed by atoms with Gasteiger partial charge in [-0.25, -0.2) is 9.37 Å². The van der Waals surface area contributed by atoms with Crippen molar-refractivity contribution in [1.29, 1.82) is 0 Å². The van der Waals surface area contributed by atoms with E-state index in [1.165, 1.54) is 24.3 Å². The maximum absolute atomic E-state index is 14.3. The standard InChI is InChI=1S/C19H27FN4O3S/c1-4-24(5-2)19-22-16-10-15(20)17(23-18(16)28-19)27-11-13-8-14(9-13)26-7-6-21-12(3)25/h10,13-14H,4-9,11H2,1-3H3,(H,21,25). The monoisotopic (exact) mass is 410 g/mol. The average Bonchev–Trinajstić information content (AvgIpc) is 3.02. The number of hydrogen-bond acceptors (Lipinski definition) is 7. The zero-order valence-corrected chi connectivity index (χ0v) is 17.4. The molecule has 9 heteroatoms. The number of nitrogens with one attached hydrogen (secondary N) is 1. The summed E-state index contributed by atoms with van der Waals surface area (Å²) < 4.78 is 25.6. The van der Waals surface area contributed by atoms with Gasteiger partial charge in [-0.1, -0.05) is 11.3 Å².